The van der Waals surface area contributed by atoms with E-state index in [9.17, 15) is 0 Å². The van der Waals surface area contributed by atoms with Crippen LogP contribution in [0.25, 0.3) is 10.9 Å². The van der Waals surface area contributed by atoms with E-state index in [1.165, 1.54) is 0 Å². The predicted molar refractivity (Wildman–Crippen MR) is 72.2 cm³/mol. The Balaban J connectivity index is 2.55. The highest BCUT2D eigenvalue weighted by molar-refractivity contribution is 9.10. The monoisotopic (exact) mass is 295 g/mol. The summed E-state index contributed by atoms with van der Waals surface area (Å²) < 4.78 is 1.00. The van der Waals surface area contributed by atoms with Crippen molar-refractivity contribution in [2.45, 2.75) is 6.92 Å². The number of hydrogen-bond donors (Lipinski definition) is 1. The first-order chi connectivity index (χ1) is 8.26. The molecule has 0 spiro atoms. The Morgan fingerprint density at radius 1 is 1.35 bits per heavy atom. The number of hydrogen-bond acceptors (Lipinski definition) is 4. The highest BCUT2D eigenvalue weighted by Crippen LogP contribution is 2.25. The van der Waals surface area contributed by atoms with Crippen molar-refractivity contribution < 1.29 is 5.11 Å². The van der Waals surface area contributed by atoms with E-state index >= 15 is 0 Å². The van der Waals surface area contributed by atoms with Crippen LogP contribution in [0.3, 0.4) is 0 Å². The third kappa shape index (κ3) is 2.56. The molecule has 2 aromatic rings. The molecule has 1 N–H and O–H groups in total. The van der Waals surface area contributed by atoms with Crippen LogP contribution in [0.1, 0.15) is 6.92 Å². The second kappa shape index (κ2) is 5.42. The van der Waals surface area contributed by atoms with Gasteiger partial charge in [-0.1, -0.05) is 15.9 Å². The Labute approximate surface area is 108 Å². The van der Waals surface area contributed by atoms with Gasteiger partial charge in [0.1, 0.15) is 12.1 Å². The van der Waals surface area contributed by atoms with Crippen LogP contribution in [0.4, 0.5) is 5.82 Å². The van der Waals surface area contributed by atoms with Crippen LogP contribution >= 0.6 is 15.9 Å². The second-order valence-electron chi connectivity index (χ2n) is 3.66. The number of benzene rings is 1. The first-order valence-corrected chi connectivity index (χ1v) is 6.31. The molecule has 0 unspecified atom stereocenters. The minimum absolute atomic E-state index is 0.118. The van der Waals surface area contributed by atoms with Crippen molar-refractivity contribution in [1.29, 1.82) is 0 Å². The van der Waals surface area contributed by atoms with Crippen LogP contribution in [0, 0.1) is 0 Å². The average Bonchev–Trinajstić information content (AvgIpc) is 2.35. The maximum atomic E-state index is 9.06. The molecule has 0 bridgehead atoms. The smallest absolute Gasteiger partial charge is 0.139 e. The normalized spacial score (nSPS) is 10.8. The summed E-state index contributed by atoms with van der Waals surface area (Å²) in [5.41, 5.74) is 0.912. The van der Waals surface area contributed by atoms with Crippen LogP contribution < -0.4 is 4.90 Å². The second-order valence-corrected chi connectivity index (χ2v) is 4.58. The maximum absolute atomic E-state index is 9.06. The Morgan fingerprint density at radius 2 is 2.18 bits per heavy atom. The molecule has 90 valence electrons. The van der Waals surface area contributed by atoms with Crippen molar-refractivity contribution >= 4 is 32.7 Å². The summed E-state index contributed by atoms with van der Waals surface area (Å²) in [7, 11) is 0. The lowest BCUT2D eigenvalue weighted by atomic mass is 10.2. The Bertz CT molecular complexity index is 518. The molecule has 0 atom stereocenters. The lowest BCUT2D eigenvalue weighted by Crippen LogP contribution is -2.27. The van der Waals surface area contributed by atoms with Crippen LogP contribution in [0.5, 0.6) is 0 Å². The zero-order valence-electron chi connectivity index (χ0n) is 9.60. The fourth-order valence-corrected chi connectivity index (χ4v) is 2.16. The van der Waals surface area contributed by atoms with Gasteiger partial charge in [-0.25, -0.2) is 9.97 Å². The van der Waals surface area contributed by atoms with Gasteiger partial charge in [-0.05, 0) is 25.1 Å². The molecular formula is C12H14BrN3O. The molecule has 2 rings (SSSR count). The Kier molecular flexibility index (Phi) is 3.91. The van der Waals surface area contributed by atoms with Crippen LogP contribution in [-0.2, 0) is 0 Å². The van der Waals surface area contributed by atoms with E-state index in [2.05, 4.69) is 25.9 Å². The van der Waals surface area contributed by atoms with E-state index in [1.807, 2.05) is 30.0 Å². The first-order valence-electron chi connectivity index (χ1n) is 5.52. The minimum atomic E-state index is 0.118. The highest BCUT2D eigenvalue weighted by Gasteiger charge is 2.10. The molecule has 0 radical (unpaired) electrons. The van der Waals surface area contributed by atoms with Crippen LogP contribution in [0.2, 0.25) is 0 Å². The molecule has 1 aromatic heterocycles. The highest BCUT2D eigenvalue weighted by atomic mass is 79.9. The summed E-state index contributed by atoms with van der Waals surface area (Å²) >= 11 is 3.45. The summed E-state index contributed by atoms with van der Waals surface area (Å²) in [4.78, 5) is 10.6. The van der Waals surface area contributed by atoms with Crippen molar-refractivity contribution in [2.24, 2.45) is 0 Å². The van der Waals surface area contributed by atoms with E-state index in [0.29, 0.717) is 6.54 Å². The number of likely N-dealkylation sites (N-methyl/N-ethyl adjacent to an activating group) is 1. The van der Waals surface area contributed by atoms with Gasteiger partial charge in [0.2, 0.25) is 0 Å². The third-order valence-electron chi connectivity index (χ3n) is 2.63. The number of aliphatic hydroxyl groups excluding tert-OH is 1. The quantitative estimate of drug-likeness (QED) is 0.940. The number of anilines is 1. The molecule has 0 amide bonds. The minimum Gasteiger partial charge on any atom is -0.395 e. The number of aromatic nitrogens is 2. The summed E-state index contributed by atoms with van der Waals surface area (Å²) in [6.07, 6.45) is 1.56. The fourth-order valence-electron chi connectivity index (χ4n) is 1.80. The van der Waals surface area contributed by atoms with Gasteiger partial charge in [-0.2, -0.15) is 0 Å². The molecule has 0 aliphatic heterocycles. The van der Waals surface area contributed by atoms with Gasteiger partial charge in [0, 0.05) is 22.9 Å². The topological polar surface area (TPSA) is 49.2 Å². The molecule has 0 saturated carbocycles. The number of aliphatic hydroxyl groups is 1. The van der Waals surface area contributed by atoms with E-state index in [1.54, 1.807) is 6.33 Å². The zero-order valence-corrected chi connectivity index (χ0v) is 11.2. The fraction of sp³-hybridized carbons (Fsp3) is 0.333. The lowest BCUT2D eigenvalue weighted by Gasteiger charge is -2.21. The van der Waals surface area contributed by atoms with Gasteiger partial charge in [0.05, 0.1) is 12.1 Å². The zero-order chi connectivity index (χ0) is 12.3. The van der Waals surface area contributed by atoms with E-state index in [0.717, 1.165) is 27.7 Å². The van der Waals surface area contributed by atoms with Gasteiger partial charge < -0.3 is 10.0 Å². The average molecular weight is 296 g/mol. The SMILES string of the molecule is CCN(CCO)c1ncnc2ccc(Br)cc12. The molecule has 5 heteroatoms. The van der Waals surface area contributed by atoms with Gasteiger partial charge in [0.15, 0.2) is 0 Å². The molecule has 0 aliphatic carbocycles. The Hall–Kier alpha value is -1.20. The van der Waals surface area contributed by atoms with Crippen molar-refractivity contribution in [1.82, 2.24) is 9.97 Å². The predicted octanol–water partition coefficient (Wildman–Crippen LogP) is 2.21. The van der Waals surface area contributed by atoms with Crippen molar-refractivity contribution in [3.05, 3.63) is 29.0 Å². The van der Waals surface area contributed by atoms with Gasteiger partial charge in [-0.15, -0.1) is 0 Å². The lowest BCUT2D eigenvalue weighted by molar-refractivity contribution is 0.302. The van der Waals surface area contributed by atoms with Crippen LogP contribution in [-0.4, -0.2) is 34.8 Å². The summed E-state index contributed by atoms with van der Waals surface area (Å²) in [6, 6.07) is 5.92. The van der Waals surface area contributed by atoms with E-state index < -0.39 is 0 Å². The largest absolute Gasteiger partial charge is 0.395 e. The first kappa shape index (κ1) is 12.3. The standard InChI is InChI=1S/C12H14BrN3O/c1-2-16(5-6-17)12-10-7-9(13)3-4-11(10)14-8-15-12/h3-4,7-8,17H,2,5-6H2,1H3. The summed E-state index contributed by atoms with van der Waals surface area (Å²) in [5, 5.41) is 10.1. The van der Waals surface area contributed by atoms with Crippen LogP contribution in [0.15, 0.2) is 29.0 Å². The number of nitrogens with zero attached hydrogens (tertiary/aromatic N) is 3. The molecule has 1 aromatic carbocycles. The maximum Gasteiger partial charge on any atom is 0.139 e. The molecular weight excluding hydrogens is 282 g/mol. The van der Waals surface area contributed by atoms with Gasteiger partial charge in [-0.3, -0.25) is 0 Å². The molecule has 17 heavy (non-hydrogen) atoms. The van der Waals surface area contributed by atoms with E-state index in [-0.39, 0.29) is 6.61 Å². The molecule has 0 saturated heterocycles. The van der Waals surface area contributed by atoms with Crippen molar-refractivity contribution in [3.8, 4) is 0 Å². The molecule has 0 fully saturated rings. The molecule has 4 nitrogen and oxygen atoms in total. The van der Waals surface area contributed by atoms with Gasteiger partial charge >= 0.3 is 0 Å². The van der Waals surface area contributed by atoms with Gasteiger partial charge in [0.25, 0.3) is 0 Å². The Morgan fingerprint density at radius 3 is 2.88 bits per heavy atom. The third-order valence-corrected chi connectivity index (χ3v) is 3.12. The number of fused-ring (bicyclic) bond motifs is 1. The summed E-state index contributed by atoms with van der Waals surface area (Å²) in [6.45, 7) is 3.54. The van der Waals surface area contributed by atoms with E-state index in [4.69, 9.17) is 5.11 Å². The number of rotatable bonds is 4. The van der Waals surface area contributed by atoms with Crippen molar-refractivity contribution in [2.75, 3.05) is 24.6 Å². The molecule has 1 heterocycles. The molecule has 0 aliphatic rings. The number of halogens is 1. The van der Waals surface area contributed by atoms with Crippen molar-refractivity contribution in [3.63, 3.8) is 0 Å². The summed E-state index contributed by atoms with van der Waals surface area (Å²) in [5.74, 6) is 0.868.